The Kier molecular flexibility index (Phi) is 5.14. The van der Waals surface area contributed by atoms with Crippen molar-refractivity contribution in [3.05, 3.63) is 59.9 Å². The summed E-state index contributed by atoms with van der Waals surface area (Å²) in [5.74, 6) is 0.139. The topological polar surface area (TPSA) is 81.2 Å². The van der Waals surface area contributed by atoms with Crippen molar-refractivity contribution in [3.63, 3.8) is 0 Å². The van der Waals surface area contributed by atoms with Gasteiger partial charge >= 0.3 is 0 Å². The van der Waals surface area contributed by atoms with Crippen molar-refractivity contribution in [2.24, 2.45) is 0 Å². The molecule has 0 aliphatic rings. The second kappa shape index (κ2) is 7.90. The lowest BCUT2D eigenvalue weighted by Crippen LogP contribution is -2.12. The van der Waals surface area contributed by atoms with Crippen LogP contribution in [0.4, 0.5) is 10.2 Å². The highest BCUT2D eigenvalue weighted by atomic mass is 19.1. The number of carbonyl (C=O) groups excluding carboxylic acids is 1. The Bertz CT molecular complexity index is 1230. The molecule has 0 unspecified atom stereocenters. The van der Waals surface area contributed by atoms with E-state index in [4.69, 9.17) is 9.47 Å². The van der Waals surface area contributed by atoms with Gasteiger partial charge in [0.05, 0.1) is 31.1 Å². The Labute approximate surface area is 172 Å². The van der Waals surface area contributed by atoms with Gasteiger partial charge in [0.15, 0.2) is 17.4 Å². The Hall–Kier alpha value is -3.81. The Morgan fingerprint density at radius 1 is 1.13 bits per heavy atom. The molecule has 0 saturated carbocycles. The van der Waals surface area contributed by atoms with Crippen molar-refractivity contribution in [2.45, 2.75) is 13.5 Å². The number of carbonyl (C=O) groups is 1. The molecule has 2 N–H and O–H groups in total. The van der Waals surface area contributed by atoms with E-state index in [1.165, 1.54) is 19.2 Å². The molecule has 30 heavy (non-hydrogen) atoms. The van der Waals surface area contributed by atoms with Crippen molar-refractivity contribution >= 4 is 22.6 Å². The van der Waals surface area contributed by atoms with Gasteiger partial charge in [-0.15, -0.1) is 0 Å². The lowest BCUT2D eigenvalue weighted by Gasteiger charge is -2.06. The van der Waals surface area contributed by atoms with Crippen LogP contribution in [-0.2, 0) is 6.54 Å². The van der Waals surface area contributed by atoms with E-state index < -0.39 is 11.7 Å². The molecule has 7 nitrogen and oxygen atoms in total. The Morgan fingerprint density at radius 2 is 1.93 bits per heavy atom. The van der Waals surface area contributed by atoms with Gasteiger partial charge in [-0.1, -0.05) is 6.07 Å². The average Bonchev–Trinajstić information content (AvgIpc) is 3.37. The number of aromatic nitrogens is 3. The fourth-order valence-electron chi connectivity index (χ4n) is 3.51. The highest BCUT2D eigenvalue weighted by Gasteiger charge is 2.16. The fraction of sp³-hybridized carbons (Fsp3) is 0.182. The lowest BCUT2D eigenvalue weighted by molar-refractivity contribution is 0.102. The lowest BCUT2D eigenvalue weighted by atomic mass is 10.2. The maximum atomic E-state index is 13.9. The number of nitrogens with zero attached hydrogens (tertiary/aromatic N) is 2. The first-order chi connectivity index (χ1) is 14.5. The molecular formula is C22H21FN4O3. The van der Waals surface area contributed by atoms with Gasteiger partial charge in [0.25, 0.3) is 5.91 Å². The summed E-state index contributed by atoms with van der Waals surface area (Å²) in [7, 11) is 3.01. The van der Waals surface area contributed by atoms with E-state index in [0.29, 0.717) is 5.82 Å². The maximum Gasteiger partial charge on any atom is 0.256 e. The van der Waals surface area contributed by atoms with Gasteiger partial charge in [-0.25, -0.2) is 4.39 Å². The summed E-state index contributed by atoms with van der Waals surface area (Å²) in [6.07, 6.45) is 0. The van der Waals surface area contributed by atoms with Crippen molar-refractivity contribution in [3.8, 4) is 22.9 Å². The van der Waals surface area contributed by atoms with Gasteiger partial charge in [-0.05, 0) is 43.3 Å². The molecule has 0 spiro atoms. The highest BCUT2D eigenvalue weighted by molar-refractivity contribution is 6.04. The summed E-state index contributed by atoms with van der Waals surface area (Å²) in [4.78, 5) is 12.5. The number of hydrogen-bond donors (Lipinski definition) is 2. The standard InChI is InChI=1S/C22H21FN4O3/c1-4-27-17-6-5-7-19(29-2)14(17)11-18(27)16-12-21(26-25-16)24-22(28)13-8-9-20(30-3)15(23)10-13/h5-12H,4H2,1-3H3,(H2,24,25,26,28). The number of benzene rings is 2. The predicted molar refractivity (Wildman–Crippen MR) is 113 cm³/mol. The minimum absolute atomic E-state index is 0.0800. The van der Waals surface area contributed by atoms with Crippen LogP contribution >= 0.6 is 0 Å². The Balaban J connectivity index is 1.63. The summed E-state index contributed by atoms with van der Waals surface area (Å²) in [5, 5.41) is 10.8. The second-order valence-electron chi connectivity index (χ2n) is 6.64. The molecule has 0 radical (unpaired) electrons. The minimum Gasteiger partial charge on any atom is -0.496 e. The van der Waals surface area contributed by atoms with Gasteiger partial charge in [-0.3, -0.25) is 9.89 Å². The third-order valence-corrected chi connectivity index (χ3v) is 4.95. The first kappa shape index (κ1) is 19.5. The van der Waals surface area contributed by atoms with E-state index in [-0.39, 0.29) is 11.3 Å². The van der Waals surface area contributed by atoms with Crippen LogP contribution in [0.15, 0.2) is 48.5 Å². The number of rotatable bonds is 6. The SMILES string of the molecule is CCn1c(-c2cc(NC(=O)c3ccc(OC)c(F)c3)n[nH]2)cc2c(OC)cccc21. The smallest absolute Gasteiger partial charge is 0.256 e. The third kappa shape index (κ3) is 3.36. The van der Waals surface area contributed by atoms with Crippen LogP contribution in [0, 0.1) is 5.82 Å². The summed E-state index contributed by atoms with van der Waals surface area (Å²) in [6.45, 7) is 2.80. The minimum atomic E-state index is -0.603. The number of hydrogen-bond acceptors (Lipinski definition) is 4. The number of fused-ring (bicyclic) bond motifs is 1. The number of aryl methyl sites for hydroxylation is 1. The van der Waals surface area contributed by atoms with Crippen LogP contribution in [-0.4, -0.2) is 34.9 Å². The zero-order valence-electron chi connectivity index (χ0n) is 16.8. The summed E-state index contributed by atoms with van der Waals surface area (Å²) in [5.41, 5.74) is 2.87. The van der Waals surface area contributed by atoms with Crippen molar-refractivity contribution in [2.75, 3.05) is 19.5 Å². The number of aromatic amines is 1. The molecule has 0 saturated heterocycles. The molecule has 4 aromatic rings. The molecule has 4 rings (SSSR count). The monoisotopic (exact) mass is 408 g/mol. The zero-order valence-corrected chi connectivity index (χ0v) is 16.8. The van der Waals surface area contributed by atoms with Crippen LogP contribution in [0.3, 0.4) is 0 Å². The molecule has 2 aromatic heterocycles. The molecule has 2 aromatic carbocycles. The number of amides is 1. The molecule has 0 atom stereocenters. The predicted octanol–water partition coefficient (Wildman–Crippen LogP) is 4.46. The van der Waals surface area contributed by atoms with Crippen LogP contribution in [0.1, 0.15) is 17.3 Å². The first-order valence-electron chi connectivity index (χ1n) is 9.42. The van der Waals surface area contributed by atoms with Gasteiger partial charge in [0.1, 0.15) is 5.75 Å². The van der Waals surface area contributed by atoms with E-state index in [1.54, 1.807) is 13.2 Å². The molecule has 8 heteroatoms. The first-order valence-corrected chi connectivity index (χ1v) is 9.42. The van der Waals surface area contributed by atoms with E-state index in [2.05, 4.69) is 27.0 Å². The highest BCUT2D eigenvalue weighted by Crippen LogP contribution is 2.33. The molecule has 154 valence electrons. The summed E-state index contributed by atoms with van der Waals surface area (Å²) < 4.78 is 26.4. The van der Waals surface area contributed by atoms with Gasteiger partial charge in [0.2, 0.25) is 0 Å². The number of nitrogens with one attached hydrogen (secondary N) is 2. The van der Waals surface area contributed by atoms with Crippen LogP contribution in [0.5, 0.6) is 11.5 Å². The Morgan fingerprint density at radius 3 is 2.63 bits per heavy atom. The van der Waals surface area contributed by atoms with E-state index in [9.17, 15) is 9.18 Å². The molecule has 0 aliphatic heterocycles. The fourth-order valence-corrected chi connectivity index (χ4v) is 3.51. The van der Waals surface area contributed by atoms with Crippen LogP contribution in [0.2, 0.25) is 0 Å². The van der Waals surface area contributed by atoms with Crippen LogP contribution in [0.25, 0.3) is 22.3 Å². The van der Waals surface area contributed by atoms with Gasteiger partial charge in [0, 0.05) is 23.6 Å². The largest absolute Gasteiger partial charge is 0.496 e. The van der Waals surface area contributed by atoms with Gasteiger partial charge in [-0.2, -0.15) is 5.10 Å². The molecule has 0 aliphatic carbocycles. The summed E-state index contributed by atoms with van der Waals surface area (Å²) in [6, 6.07) is 13.7. The molecule has 0 bridgehead atoms. The van der Waals surface area contributed by atoms with Crippen molar-refractivity contribution < 1.29 is 18.7 Å². The zero-order chi connectivity index (χ0) is 21.3. The quantitative estimate of drug-likeness (QED) is 0.494. The van der Waals surface area contributed by atoms with Gasteiger partial charge < -0.3 is 19.4 Å². The normalized spacial score (nSPS) is 10.9. The number of halogens is 1. The number of anilines is 1. The maximum absolute atomic E-state index is 13.9. The van der Waals surface area contributed by atoms with E-state index in [1.807, 2.05) is 24.3 Å². The van der Waals surface area contributed by atoms with E-state index in [0.717, 1.165) is 40.7 Å². The second-order valence-corrected chi connectivity index (χ2v) is 6.64. The molecule has 0 fully saturated rings. The number of methoxy groups -OCH3 is 2. The third-order valence-electron chi connectivity index (χ3n) is 4.95. The number of H-pyrrole nitrogens is 1. The molecule has 2 heterocycles. The van der Waals surface area contributed by atoms with E-state index >= 15 is 0 Å². The number of ether oxygens (including phenoxy) is 2. The molecule has 1 amide bonds. The summed E-state index contributed by atoms with van der Waals surface area (Å²) >= 11 is 0. The average molecular weight is 408 g/mol. The van der Waals surface area contributed by atoms with Crippen molar-refractivity contribution in [1.29, 1.82) is 0 Å². The van der Waals surface area contributed by atoms with Crippen molar-refractivity contribution in [1.82, 2.24) is 14.8 Å². The molecular weight excluding hydrogens is 387 g/mol. The van der Waals surface area contributed by atoms with Crippen LogP contribution < -0.4 is 14.8 Å².